The molecule has 21 heavy (non-hydrogen) atoms. The van der Waals surface area contributed by atoms with Crippen LogP contribution in [-0.4, -0.2) is 32.1 Å². The molecule has 0 bridgehead atoms. The summed E-state index contributed by atoms with van der Waals surface area (Å²) in [5.74, 6) is 2.03. The first kappa shape index (κ1) is 18.3. The van der Waals surface area contributed by atoms with Gasteiger partial charge in [-0.25, -0.2) is 0 Å². The van der Waals surface area contributed by atoms with Gasteiger partial charge in [0.25, 0.3) is 0 Å². The molecule has 120 valence electrons. The van der Waals surface area contributed by atoms with Crippen molar-refractivity contribution in [2.45, 2.75) is 44.9 Å². The van der Waals surface area contributed by atoms with E-state index in [0.717, 1.165) is 24.8 Å². The molecule has 1 aromatic carbocycles. The third kappa shape index (κ3) is 6.71. The van der Waals surface area contributed by atoms with Gasteiger partial charge in [0.05, 0.1) is 0 Å². The molecule has 1 saturated carbocycles. The number of hydrogen-bond acceptors (Lipinski definition) is 2. The molecule has 3 heteroatoms. The van der Waals surface area contributed by atoms with Crippen LogP contribution in [0, 0.1) is 5.92 Å². The first-order valence-electron chi connectivity index (χ1n) is 8.11. The first-order chi connectivity index (χ1) is 9.75. The van der Waals surface area contributed by atoms with E-state index in [1.54, 1.807) is 0 Å². The van der Waals surface area contributed by atoms with E-state index < -0.39 is 0 Å². The maximum atomic E-state index is 5.95. The zero-order valence-electron chi connectivity index (χ0n) is 13.5. The SMILES string of the molecule is CN(C)CCOc1ccccc1CCC1CCCCC1.Cl. The van der Waals surface area contributed by atoms with Crippen LogP contribution in [0.2, 0.25) is 0 Å². The number of aryl methyl sites for hydroxylation is 1. The van der Waals surface area contributed by atoms with Crippen LogP contribution >= 0.6 is 12.4 Å². The van der Waals surface area contributed by atoms with Crippen molar-refractivity contribution >= 4 is 12.4 Å². The molecule has 0 spiro atoms. The number of halogens is 1. The third-order valence-electron chi connectivity index (χ3n) is 4.32. The number of benzene rings is 1. The summed E-state index contributed by atoms with van der Waals surface area (Å²) in [6.07, 6.45) is 9.68. The van der Waals surface area contributed by atoms with Gasteiger partial charge in [0.1, 0.15) is 12.4 Å². The third-order valence-corrected chi connectivity index (χ3v) is 4.32. The first-order valence-corrected chi connectivity index (χ1v) is 8.11. The molecular weight excluding hydrogens is 282 g/mol. The van der Waals surface area contributed by atoms with Crippen molar-refractivity contribution in [2.24, 2.45) is 5.92 Å². The number of nitrogens with zero attached hydrogens (tertiary/aromatic N) is 1. The predicted molar refractivity (Wildman–Crippen MR) is 92.6 cm³/mol. The lowest BCUT2D eigenvalue weighted by Gasteiger charge is -2.22. The normalized spacial score (nSPS) is 15.8. The van der Waals surface area contributed by atoms with Gasteiger partial charge in [0, 0.05) is 6.54 Å². The second-order valence-corrected chi connectivity index (χ2v) is 6.30. The molecule has 0 amide bonds. The molecule has 1 aromatic rings. The summed E-state index contributed by atoms with van der Waals surface area (Å²) < 4.78 is 5.95. The molecule has 0 radical (unpaired) electrons. The number of para-hydroxylation sites is 1. The maximum absolute atomic E-state index is 5.95. The van der Waals surface area contributed by atoms with Gasteiger partial charge in [-0.3, -0.25) is 0 Å². The molecule has 0 unspecified atom stereocenters. The lowest BCUT2D eigenvalue weighted by Crippen LogP contribution is -2.19. The van der Waals surface area contributed by atoms with Crippen LogP contribution in [0.15, 0.2) is 24.3 Å². The van der Waals surface area contributed by atoms with Crippen LogP contribution in [-0.2, 0) is 6.42 Å². The minimum absolute atomic E-state index is 0. The fourth-order valence-corrected chi connectivity index (χ4v) is 3.02. The summed E-state index contributed by atoms with van der Waals surface area (Å²) in [4.78, 5) is 2.16. The Labute approximate surface area is 136 Å². The summed E-state index contributed by atoms with van der Waals surface area (Å²) in [7, 11) is 4.16. The van der Waals surface area contributed by atoms with E-state index in [2.05, 4.69) is 43.3 Å². The standard InChI is InChI=1S/C18H29NO.ClH/c1-19(2)14-15-20-18-11-7-6-10-17(18)13-12-16-8-4-3-5-9-16;/h6-7,10-11,16H,3-5,8-9,12-15H2,1-2H3;1H. The highest BCUT2D eigenvalue weighted by molar-refractivity contribution is 5.85. The average molecular weight is 312 g/mol. The van der Waals surface area contributed by atoms with Gasteiger partial charge >= 0.3 is 0 Å². The van der Waals surface area contributed by atoms with Crippen LogP contribution in [0.5, 0.6) is 5.75 Å². The average Bonchev–Trinajstić information content (AvgIpc) is 2.47. The Morgan fingerprint density at radius 3 is 2.52 bits per heavy atom. The Morgan fingerprint density at radius 2 is 1.81 bits per heavy atom. The molecule has 1 fully saturated rings. The number of hydrogen-bond donors (Lipinski definition) is 0. The minimum Gasteiger partial charge on any atom is -0.492 e. The lowest BCUT2D eigenvalue weighted by atomic mass is 9.85. The highest BCUT2D eigenvalue weighted by atomic mass is 35.5. The monoisotopic (exact) mass is 311 g/mol. The topological polar surface area (TPSA) is 12.5 Å². The molecule has 0 aliphatic heterocycles. The van der Waals surface area contributed by atoms with E-state index >= 15 is 0 Å². The summed E-state index contributed by atoms with van der Waals surface area (Å²) in [5.41, 5.74) is 1.39. The van der Waals surface area contributed by atoms with Crippen molar-refractivity contribution < 1.29 is 4.74 Å². The van der Waals surface area contributed by atoms with Gasteiger partial charge in [-0.15, -0.1) is 12.4 Å². The Hall–Kier alpha value is -0.730. The maximum Gasteiger partial charge on any atom is 0.122 e. The number of rotatable bonds is 7. The van der Waals surface area contributed by atoms with Gasteiger partial charge in [-0.1, -0.05) is 50.3 Å². The fraction of sp³-hybridized carbons (Fsp3) is 0.667. The number of ether oxygens (including phenoxy) is 1. The molecule has 0 heterocycles. The Balaban J connectivity index is 0.00000220. The van der Waals surface area contributed by atoms with E-state index in [4.69, 9.17) is 4.74 Å². The van der Waals surface area contributed by atoms with Crippen LogP contribution in [0.3, 0.4) is 0 Å². The van der Waals surface area contributed by atoms with E-state index in [1.807, 2.05) is 0 Å². The molecule has 0 N–H and O–H groups in total. The van der Waals surface area contributed by atoms with Crippen LogP contribution in [0.1, 0.15) is 44.1 Å². The van der Waals surface area contributed by atoms with Gasteiger partial charge in [-0.05, 0) is 44.5 Å². The zero-order chi connectivity index (χ0) is 14.2. The van der Waals surface area contributed by atoms with E-state index in [9.17, 15) is 0 Å². The lowest BCUT2D eigenvalue weighted by molar-refractivity contribution is 0.258. The van der Waals surface area contributed by atoms with Crippen LogP contribution in [0.4, 0.5) is 0 Å². The molecule has 2 rings (SSSR count). The second kappa shape index (κ2) is 10.1. The predicted octanol–water partition coefficient (Wildman–Crippen LogP) is 4.56. The highest BCUT2D eigenvalue weighted by Crippen LogP contribution is 2.29. The number of likely N-dealkylation sites (N-methyl/N-ethyl adjacent to an activating group) is 1. The Morgan fingerprint density at radius 1 is 1.10 bits per heavy atom. The Bertz CT molecular complexity index is 389. The molecule has 0 aromatic heterocycles. The van der Waals surface area contributed by atoms with Crippen molar-refractivity contribution in [3.05, 3.63) is 29.8 Å². The van der Waals surface area contributed by atoms with Gasteiger partial charge in [0.15, 0.2) is 0 Å². The van der Waals surface area contributed by atoms with Crippen molar-refractivity contribution in [2.75, 3.05) is 27.2 Å². The van der Waals surface area contributed by atoms with Crippen molar-refractivity contribution in [1.82, 2.24) is 4.90 Å². The summed E-state index contributed by atoms with van der Waals surface area (Å²) >= 11 is 0. The van der Waals surface area contributed by atoms with Crippen molar-refractivity contribution in [3.63, 3.8) is 0 Å². The molecule has 0 atom stereocenters. The quantitative estimate of drug-likeness (QED) is 0.732. The fourth-order valence-electron chi connectivity index (χ4n) is 3.02. The van der Waals surface area contributed by atoms with Gasteiger partial charge in [-0.2, -0.15) is 0 Å². The van der Waals surface area contributed by atoms with Gasteiger partial charge < -0.3 is 9.64 Å². The molecule has 1 aliphatic carbocycles. The smallest absolute Gasteiger partial charge is 0.122 e. The second-order valence-electron chi connectivity index (χ2n) is 6.30. The minimum atomic E-state index is 0. The van der Waals surface area contributed by atoms with E-state index in [-0.39, 0.29) is 12.4 Å². The Kier molecular flexibility index (Phi) is 8.79. The summed E-state index contributed by atoms with van der Waals surface area (Å²) in [6.45, 7) is 1.74. The van der Waals surface area contributed by atoms with Crippen molar-refractivity contribution in [1.29, 1.82) is 0 Å². The van der Waals surface area contributed by atoms with Gasteiger partial charge in [0.2, 0.25) is 0 Å². The summed E-state index contributed by atoms with van der Waals surface area (Å²) in [5, 5.41) is 0. The van der Waals surface area contributed by atoms with Crippen molar-refractivity contribution in [3.8, 4) is 5.75 Å². The zero-order valence-corrected chi connectivity index (χ0v) is 14.3. The van der Waals surface area contributed by atoms with E-state index in [0.29, 0.717) is 0 Å². The van der Waals surface area contributed by atoms with Crippen LogP contribution in [0.25, 0.3) is 0 Å². The molecule has 1 aliphatic rings. The largest absolute Gasteiger partial charge is 0.492 e. The molecule has 0 saturated heterocycles. The molecule has 2 nitrogen and oxygen atoms in total. The van der Waals surface area contributed by atoms with Crippen LogP contribution < -0.4 is 4.74 Å². The van der Waals surface area contributed by atoms with E-state index in [1.165, 1.54) is 50.5 Å². The highest BCUT2D eigenvalue weighted by Gasteiger charge is 2.14. The molecular formula is C18H30ClNO. The summed E-state index contributed by atoms with van der Waals surface area (Å²) in [6, 6.07) is 8.56.